The summed E-state index contributed by atoms with van der Waals surface area (Å²) < 4.78 is 17.9. The molecule has 7 N–H and O–H groups in total. The molecule has 2 amide bonds. The summed E-state index contributed by atoms with van der Waals surface area (Å²) in [5.41, 5.74) is 2.12. The molecule has 2 aromatic carbocycles. The molecule has 2 aliphatic carbocycles. The van der Waals surface area contributed by atoms with Crippen LogP contribution in [0.5, 0.6) is 5.75 Å². The summed E-state index contributed by atoms with van der Waals surface area (Å²) in [4.78, 5) is 56.1. The van der Waals surface area contributed by atoms with Gasteiger partial charge in [0.2, 0.25) is 0 Å². The number of para-hydroxylation sites is 1. The Morgan fingerprint density at radius 1 is 1.00 bits per heavy atom. The highest BCUT2D eigenvalue weighted by atomic mass is 33.1. The van der Waals surface area contributed by atoms with Gasteiger partial charge in [0, 0.05) is 76.3 Å². The summed E-state index contributed by atoms with van der Waals surface area (Å²) in [5, 5.41) is 44.3. The summed E-state index contributed by atoms with van der Waals surface area (Å²) in [7, 11) is 7.74. The van der Waals surface area contributed by atoms with Gasteiger partial charge in [0.1, 0.15) is 28.9 Å². The van der Waals surface area contributed by atoms with Crippen molar-refractivity contribution < 1.29 is 43.9 Å². The number of likely N-dealkylation sites (N-methyl/N-ethyl adjacent to an activating group) is 1. The number of aromatic nitrogens is 2. The standard InChI is InChI=1S/C52H65N7O9S2/c1-6-48(64)28-31-25-32(29-48)51(46(62)67-5,41-34(16-20-53-30-31)33-13-8-9-14-37(33)55-41)36-26-35-38(27-39(36)66-4)58(3)43-50(35)18-22-59-21-12-17-49(7-2,42(50)59)44(60)52(43,65)45(61)56-57-47(63)68-23-24-69-70-40-15-10-11-19-54-40/h8-15,17,19,26-27,31-32,42-44,53,55,60,64-65H,6-7,16,18,20-25,28-30H2,1-5H3,(H,56,61)(H,57,63)/t31-,32?,42-,43+,44+,48-,49+,50+,51-,52-/m0/s1. The normalized spacial score (nSPS) is 33.1. The number of pyridine rings is 1. The van der Waals surface area contributed by atoms with Crippen LogP contribution in [0.25, 0.3) is 10.9 Å². The molecule has 1 spiro atoms. The Hall–Kier alpha value is -4.82. The number of carbonyl (C=O) groups is 3. The number of fused-ring (bicyclic) bond motifs is 6. The minimum Gasteiger partial charge on any atom is -0.496 e. The highest BCUT2D eigenvalue weighted by Crippen LogP contribution is 2.68. The molecular weight excluding hydrogens is 931 g/mol. The molecule has 2 saturated carbocycles. The van der Waals surface area contributed by atoms with Crippen LogP contribution in [0.3, 0.4) is 0 Å². The molecule has 16 nitrogen and oxygen atoms in total. The topological polar surface area (TPSA) is 211 Å². The quantitative estimate of drug-likeness (QED) is 0.0342. The second kappa shape index (κ2) is 18.7. The van der Waals surface area contributed by atoms with Crippen LogP contribution in [0.15, 0.2) is 78.0 Å². The molecule has 4 aliphatic heterocycles. The third kappa shape index (κ3) is 7.28. The van der Waals surface area contributed by atoms with E-state index in [4.69, 9.17) is 14.2 Å². The number of aromatic amines is 1. The molecule has 10 atom stereocenters. The van der Waals surface area contributed by atoms with Crippen molar-refractivity contribution in [1.29, 1.82) is 0 Å². The molecule has 4 aromatic rings. The molecule has 374 valence electrons. The number of hydrazine groups is 1. The first-order chi connectivity index (χ1) is 33.8. The van der Waals surface area contributed by atoms with Crippen molar-refractivity contribution in [3.05, 3.63) is 95.3 Å². The fourth-order valence-electron chi connectivity index (χ4n) is 14.3. The van der Waals surface area contributed by atoms with Crippen molar-refractivity contribution in [3.8, 4) is 5.75 Å². The van der Waals surface area contributed by atoms with Gasteiger partial charge in [-0.15, -0.1) is 0 Å². The van der Waals surface area contributed by atoms with E-state index in [0.29, 0.717) is 99.6 Å². The number of aliphatic hydroxyl groups excluding tert-OH is 1. The van der Waals surface area contributed by atoms with Crippen molar-refractivity contribution in [2.24, 2.45) is 17.3 Å². The molecule has 10 rings (SSSR count). The zero-order valence-corrected chi connectivity index (χ0v) is 42.1. The Labute approximate surface area is 416 Å². The van der Waals surface area contributed by atoms with E-state index in [9.17, 15) is 20.1 Å². The lowest BCUT2D eigenvalue weighted by atomic mass is 9.47. The number of aliphatic hydroxyl groups is 3. The lowest BCUT2D eigenvalue weighted by Gasteiger charge is -2.63. The molecule has 18 heteroatoms. The number of hydrogen-bond donors (Lipinski definition) is 7. The number of H-pyrrole nitrogens is 1. The maximum atomic E-state index is 15.7. The highest BCUT2D eigenvalue weighted by Gasteiger charge is 2.79. The summed E-state index contributed by atoms with van der Waals surface area (Å²) in [5.74, 6) is -1.04. The monoisotopic (exact) mass is 995 g/mol. The van der Waals surface area contributed by atoms with Gasteiger partial charge >= 0.3 is 12.1 Å². The Morgan fingerprint density at radius 3 is 2.57 bits per heavy atom. The molecule has 2 bridgehead atoms. The van der Waals surface area contributed by atoms with E-state index >= 15 is 9.59 Å². The summed E-state index contributed by atoms with van der Waals surface area (Å²) >= 11 is 0. The molecule has 1 unspecified atom stereocenters. The van der Waals surface area contributed by atoms with E-state index in [1.807, 2.05) is 80.4 Å². The van der Waals surface area contributed by atoms with Crippen LogP contribution in [0, 0.1) is 17.3 Å². The van der Waals surface area contributed by atoms with E-state index in [-0.39, 0.29) is 12.5 Å². The second-order valence-electron chi connectivity index (χ2n) is 20.2. The molecule has 0 radical (unpaired) electrons. The van der Waals surface area contributed by atoms with Gasteiger partial charge in [0.05, 0.1) is 25.9 Å². The lowest BCUT2D eigenvalue weighted by molar-refractivity contribution is -0.204. The van der Waals surface area contributed by atoms with Crippen LogP contribution in [0.1, 0.15) is 74.8 Å². The predicted molar refractivity (Wildman–Crippen MR) is 269 cm³/mol. The Kier molecular flexibility index (Phi) is 13.0. The number of benzene rings is 2. The van der Waals surface area contributed by atoms with Gasteiger partial charge in [0.25, 0.3) is 5.91 Å². The van der Waals surface area contributed by atoms with Gasteiger partial charge in [0.15, 0.2) is 5.60 Å². The second-order valence-corrected chi connectivity index (χ2v) is 22.7. The van der Waals surface area contributed by atoms with E-state index < -0.39 is 69.5 Å². The van der Waals surface area contributed by atoms with Gasteiger partial charge in [-0.25, -0.2) is 15.2 Å². The number of nitrogens with zero attached hydrogens (tertiary/aromatic N) is 3. The van der Waals surface area contributed by atoms with Gasteiger partial charge in [-0.05, 0) is 123 Å². The van der Waals surface area contributed by atoms with Gasteiger partial charge in [-0.3, -0.25) is 19.9 Å². The number of rotatable bonds is 11. The van der Waals surface area contributed by atoms with Crippen LogP contribution in [-0.2, 0) is 36.3 Å². The molecule has 1 saturated heterocycles. The number of esters is 1. The van der Waals surface area contributed by atoms with Crippen molar-refractivity contribution >= 4 is 56.1 Å². The molecule has 6 aliphatic rings. The molecule has 6 heterocycles. The summed E-state index contributed by atoms with van der Waals surface area (Å²) in [6.07, 6.45) is 6.64. The van der Waals surface area contributed by atoms with Crippen molar-refractivity contribution in [2.45, 2.75) is 104 Å². The fourth-order valence-corrected chi connectivity index (χ4v) is 16.0. The number of carbonyl (C=O) groups excluding carboxylic acids is 3. The van der Waals surface area contributed by atoms with Crippen molar-refractivity contribution in [2.75, 3.05) is 64.7 Å². The first-order valence-corrected chi connectivity index (χ1v) is 26.9. The summed E-state index contributed by atoms with van der Waals surface area (Å²) in [6, 6.07) is 16.2. The number of amides is 2. The van der Waals surface area contributed by atoms with E-state index in [1.54, 1.807) is 13.3 Å². The number of methoxy groups -OCH3 is 2. The Balaban J connectivity index is 1.11. The Bertz CT molecular complexity index is 2690. The minimum absolute atomic E-state index is 0.0392. The van der Waals surface area contributed by atoms with Gasteiger partial charge < -0.3 is 44.7 Å². The van der Waals surface area contributed by atoms with Crippen molar-refractivity contribution in [1.82, 2.24) is 31.0 Å². The smallest absolute Gasteiger partial charge is 0.426 e. The highest BCUT2D eigenvalue weighted by molar-refractivity contribution is 8.76. The van der Waals surface area contributed by atoms with E-state index in [1.165, 1.54) is 28.7 Å². The molecule has 3 fully saturated rings. The third-order valence-corrected chi connectivity index (χ3v) is 19.3. The van der Waals surface area contributed by atoms with Crippen molar-refractivity contribution in [3.63, 3.8) is 0 Å². The SMILES string of the molecule is CC[C@@]1(O)CC2C[C@H](CNCCc3c([nH]c4ccccc34)[C@@]2(C(=O)OC)c2cc3c(cc2OC)N(C)[C@H]2[C@@](O)(C(=O)NNC(=O)OCCSSc4ccccn4)[C@H](O)[C@]4(CC)C=CCN5CC[C@]32[C@@H]54)C1. The zero-order valence-electron chi connectivity index (χ0n) is 40.5. The average molecular weight is 996 g/mol. The summed E-state index contributed by atoms with van der Waals surface area (Å²) in [6.45, 7) is 6.53. The van der Waals surface area contributed by atoms with Crippen LogP contribution in [-0.4, -0.2) is 137 Å². The predicted octanol–water partition coefficient (Wildman–Crippen LogP) is 5.13. The van der Waals surface area contributed by atoms with Crippen LogP contribution < -0.4 is 25.8 Å². The van der Waals surface area contributed by atoms with Gasteiger partial charge in [-0.1, -0.05) is 61.1 Å². The molecular formula is C52H65N7O9S2. The number of ether oxygens (including phenoxy) is 3. The van der Waals surface area contributed by atoms with Crippen LogP contribution >= 0.6 is 21.6 Å². The first-order valence-electron chi connectivity index (χ1n) is 24.6. The molecule has 70 heavy (non-hydrogen) atoms. The number of anilines is 1. The third-order valence-electron chi connectivity index (χ3n) is 17.1. The molecule has 2 aromatic heterocycles. The van der Waals surface area contributed by atoms with E-state index in [2.05, 4.69) is 43.2 Å². The first kappa shape index (κ1) is 48.8. The maximum absolute atomic E-state index is 15.7. The average Bonchev–Trinajstić information content (AvgIpc) is 4.03. The lowest BCUT2D eigenvalue weighted by Crippen LogP contribution is -2.82. The van der Waals surface area contributed by atoms with Gasteiger partial charge in [-0.2, -0.15) is 0 Å². The van der Waals surface area contributed by atoms with E-state index in [0.717, 1.165) is 27.1 Å². The zero-order chi connectivity index (χ0) is 49.2. The number of hydrogen-bond acceptors (Lipinski definition) is 15. The minimum atomic E-state index is -2.52. The Morgan fingerprint density at radius 2 is 1.81 bits per heavy atom. The fraction of sp³-hybridized carbons (Fsp3) is 0.538. The largest absolute Gasteiger partial charge is 0.496 e. The van der Waals surface area contributed by atoms with Crippen LogP contribution in [0.2, 0.25) is 0 Å². The van der Waals surface area contributed by atoms with Crippen LogP contribution in [0.4, 0.5) is 10.5 Å². The number of nitrogens with one attached hydrogen (secondary N) is 4. The maximum Gasteiger partial charge on any atom is 0.426 e.